The fourth-order valence-corrected chi connectivity index (χ4v) is 3.75. The third kappa shape index (κ3) is 5.14. The average Bonchev–Trinajstić information content (AvgIpc) is 3.45. The Morgan fingerprint density at radius 2 is 1.86 bits per heavy atom. The molecule has 0 unspecified atom stereocenters. The van der Waals surface area contributed by atoms with E-state index in [1.165, 1.54) is 17.2 Å². The van der Waals surface area contributed by atoms with Crippen LogP contribution < -0.4 is 15.0 Å². The SMILES string of the molecule is CCOc1cc(C=Nn2c(-c3ccco3)nc3ccccc3c2=O)ccc1OC(=O)c1ccc(Cl)cc1. The lowest BCUT2D eigenvalue weighted by molar-refractivity contribution is 0.0728. The van der Waals surface area contributed by atoms with Gasteiger partial charge in [-0.2, -0.15) is 9.78 Å². The summed E-state index contributed by atoms with van der Waals surface area (Å²) in [5, 5.41) is 5.36. The Hall–Kier alpha value is -4.69. The van der Waals surface area contributed by atoms with Crippen LogP contribution in [0.5, 0.6) is 11.5 Å². The van der Waals surface area contributed by atoms with Crippen LogP contribution in [0.1, 0.15) is 22.8 Å². The van der Waals surface area contributed by atoms with E-state index in [0.717, 1.165) is 0 Å². The topological polar surface area (TPSA) is 95.9 Å². The van der Waals surface area contributed by atoms with Crippen LogP contribution in [0, 0.1) is 0 Å². The van der Waals surface area contributed by atoms with E-state index in [1.807, 2.05) is 13.0 Å². The van der Waals surface area contributed by atoms with Crippen molar-refractivity contribution in [2.45, 2.75) is 6.92 Å². The molecule has 0 aliphatic rings. The van der Waals surface area contributed by atoms with E-state index in [2.05, 4.69) is 10.1 Å². The predicted octanol–water partition coefficient (Wildman–Crippen LogP) is 5.81. The molecular weight excluding hydrogens is 494 g/mol. The summed E-state index contributed by atoms with van der Waals surface area (Å²) < 4.78 is 17.9. The van der Waals surface area contributed by atoms with E-state index >= 15 is 0 Å². The highest BCUT2D eigenvalue weighted by Gasteiger charge is 2.15. The van der Waals surface area contributed by atoms with Crippen LogP contribution in [0.2, 0.25) is 5.02 Å². The summed E-state index contributed by atoms with van der Waals surface area (Å²) in [6.07, 6.45) is 3.00. The zero-order chi connectivity index (χ0) is 25.8. The van der Waals surface area contributed by atoms with Crippen molar-refractivity contribution in [3.05, 3.63) is 112 Å². The Labute approximate surface area is 216 Å². The number of ether oxygens (including phenoxy) is 2. The van der Waals surface area contributed by atoms with E-state index in [-0.39, 0.29) is 17.1 Å². The van der Waals surface area contributed by atoms with Gasteiger partial charge in [0.15, 0.2) is 17.3 Å². The summed E-state index contributed by atoms with van der Waals surface area (Å²) in [5.41, 5.74) is 1.16. The molecule has 184 valence electrons. The highest BCUT2D eigenvalue weighted by Crippen LogP contribution is 2.29. The summed E-state index contributed by atoms with van der Waals surface area (Å²) in [6, 6.07) is 21.8. The van der Waals surface area contributed by atoms with Gasteiger partial charge >= 0.3 is 5.97 Å². The summed E-state index contributed by atoms with van der Waals surface area (Å²) in [6.45, 7) is 2.17. The lowest BCUT2D eigenvalue weighted by Gasteiger charge is -2.11. The van der Waals surface area contributed by atoms with E-state index in [9.17, 15) is 9.59 Å². The van der Waals surface area contributed by atoms with Crippen molar-refractivity contribution in [3.8, 4) is 23.1 Å². The third-order valence-electron chi connectivity index (χ3n) is 5.37. The van der Waals surface area contributed by atoms with Crippen molar-refractivity contribution in [1.29, 1.82) is 0 Å². The average molecular weight is 514 g/mol. The van der Waals surface area contributed by atoms with Crippen LogP contribution in [-0.4, -0.2) is 28.5 Å². The molecule has 0 saturated carbocycles. The Kier molecular flexibility index (Phi) is 6.83. The Morgan fingerprint density at radius 1 is 1.05 bits per heavy atom. The summed E-state index contributed by atoms with van der Waals surface area (Å²) in [7, 11) is 0. The predicted molar refractivity (Wildman–Crippen MR) is 141 cm³/mol. The first-order valence-electron chi connectivity index (χ1n) is 11.4. The number of carbonyl (C=O) groups is 1. The van der Waals surface area contributed by atoms with Crippen LogP contribution in [-0.2, 0) is 0 Å². The van der Waals surface area contributed by atoms with Crippen LogP contribution in [0.25, 0.3) is 22.5 Å². The van der Waals surface area contributed by atoms with Gasteiger partial charge in [0, 0.05) is 5.02 Å². The number of hydrogen-bond acceptors (Lipinski definition) is 7. The van der Waals surface area contributed by atoms with Gasteiger partial charge in [-0.3, -0.25) is 4.79 Å². The third-order valence-corrected chi connectivity index (χ3v) is 5.62. The first kappa shape index (κ1) is 24.0. The minimum absolute atomic E-state index is 0.250. The molecule has 37 heavy (non-hydrogen) atoms. The molecule has 8 nitrogen and oxygen atoms in total. The number of furan rings is 1. The monoisotopic (exact) mass is 513 g/mol. The molecule has 0 amide bonds. The van der Waals surface area contributed by atoms with E-state index in [4.69, 9.17) is 25.5 Å². The molecule has 0 fully saturated rings. The number of aromatic nitrogens is 2. The molecule has 9 heteroatoms. The molecule has 0 atom stereocenters. The quantitative estimate of drug-likeness (QED) is 0.155. The summed E-state index contributed by atoms with van der Waals surface area (Å²) >= 11 is 5.90. The molecule has 0 bridgehead atoms. The van der Waals surface area contributed by atoms with Gasteiger partial charge in [-0.15, -0.1) is 0 Å². The van der Waals surface area contributed by atoms with Gasteiger partial charge in [-0.1, -0.05) is 23.7 Å². The molecule has 5 rings (SSSR count). The molecule has 2 heterocycles. The van der Waals surface area contributed by atoms with Crippen molar-refractivity contribution < 1.29 is 18.7 Å². The highest BCUT2D eigenvalue weighted by molar-refractivity contribution is 6.30. The molecule has 5 aromatic rings. The van der Waals surface area contributed by atoms with Gasteiger partial charge in [0.1, 0.15) is 0 Å². The van der Waals surface area contributed by atoms with Crippen LogP contribution in [0.15, 0.2) is 99.4 Å². The number of carbonyl (C=O) groups excluding carboxylic acids is 1. The number of fused-ring (bicyclic) bond motifs is 1. The number of para-hydroxylation sites is 1. The lowest BCUT2D eigenvalue weighted by atomic mass is 10.2. The van der Waals surface area contributed by atoms with Gasteiger partial charge < -0.3 is 13.9 Å². The normalized spacial score (nSPS) is 11.2. The van der Waals surface area contributed by atoms with Crippen molar-refractivity contribution in [2.24, 2.45) is 5.10 Å². The zero-order valence-electron chi connectivity index (χ0n) is 19.6. The number of nitrogens with zero attached hydrogens (tertiary/aromatic N) is 3. The number of benzene rings is 3. The maximum Gasteiger partial charge on any atom is 0.343 e. The minimum atomic E-state index is -0.545. The Morgan fingerprint density at radius 3 is 2.62 bits per heavy atom. The van der Waals surface area contributed by atoms with Gasteiger partial charge in [-0.05, 0) is 79.2 Å². The van der Waals surface area contributed by atoms with Crippen molar-refractivity contribution in [2.75, 3.05) is 6.61 Å². The fraction of sp³-hybridized carbons (Fsp3) is 0.0714. The molecule has 0 radical (unpaired) electrons. The second-order valence-electron chi connectivity index (χ2n) is 7.83. The van der Waals surface area contributed by atoms with Crippen molar-refractivity contribution >= 4 is 34.7 Å². The second kappa shape index (κ2) is 10.5. The van der Waals surface area contributed by atoms with Crippen LogP contribution >= 0.6 is 11.6 Å². The first-order valence-corrected chi connectivity index (χ1v) is 11.8. The highest BCUT2D eigenvalue weighted by atomic mass is 35.5. The molecule has 0 aliphatic heterocycles. The molecule has 3 aromatic carbocycles. The number of halogens is 1. The second-order valence-corrected chi connectivity index (χ2v) is 8.26. The molecule has 0 N–H and O–H groups in total. The smallest absolute Gasteiger partial charge is 0.343 e. The molecular formula is C28H20ClN3O5. The van der Waals surface area contributed by atoms with Crippen molar-refractivity contribution in [3.63, 3.8) is 0 Å². The zero-order valence-corrected chi connectivity index (χ0v) is 20.4. The van der Waals surface area contributed by atoms with Gasteiger partial charge in [0.05, 0.1) is 35.6 Å². The fourth-order valence-electron chi connectivity index (χ4n) is 3.62. The van der Waals surface area contributed by atoms with Gasteiger partial charge in [-0.25, -0.2) is 9.78 Å². The Balaban J connectivity index is 1.49. The lowest BCUT2D eigenvalue weighted by Crippen LogP contribution is -2.20. The Bertz CT molecular complexity index is 1660. The van der Waals surface area contributed by atoms with Gasteiger partial charge in [0.25, 0.3) is 5.56 Å². The van der Waals surface area contributed by atoms with Crippen LogP contribution in [0.4, 0.5) is 0 Å². The number of hydrogen-bond donors (Lipinski definition) is 0. The van der Waals surface area contributed by atoms with E-state index in [0.29, 0.717) is 45.2 Å². The molecule has 2 aromatic heterocycles. The van der Waals surface area contributed by atoms with Crippen molar-refractivity contribution in [1.82, 2.24) is 9.66 Å². The standard InChI is InChI=1S/C28H20ClN3O5/c1-2-35-25-16-18(9-14-23(25)37-28(34)19-10-12-20(29)13-11-19)17-30-32-26(24-8-5-15-36-24)31-22-7-4-3-6-21(22)27(32)33/h3-17H,2H2,1H3. The summed E-state index contributed by atoms with van der Waals surface area (Å²) in [5.74, 6) is 0.725. The van der Waals surface area contributed by atoms with Gasteiger partial charge in [0.2, 0.25) is 5.82 Å². The molecule has 0 spiro atoms. The number of rotatable bonds is 7. The van der Waals surface area contributed by atoms with E-state index in [1.54, 1.807) is 72.8 Å². The van der Waals surface area contributed by atoms with E-state index < -0.39 is 5.97 Å². The maximum atomic E-state index is 13.2. The molecule has 0 saturated heterocycles. The first-order chi connectivity index (χ1) is 18.0. The van der Waals surface area contributed by atoms with Crippen LogP contribution in [0.3, 0.4) is 0 Å². The summed E-state index contributed by atoms with van der Waals surface area (Å²) in [4.78, 5) is 30.4. The number of esters is 1. The molecule has 0 aliphatic carbocycles. The minimum Gasteiger partial charge on any atom is -0.490 e. The maximum absolute atomic E-state index is 13.2. The largest absolute Gasteiger partial charge is 0.490 e.